The summed E-state index contributed by atoms with van der Waals surface area (Å²) >= 11 is 5.93. The number of Topliss-reactive ketones (excluding diaryl/α,β-unsaturated/α-hetero) is 1. The number of esters is 1. The van der Waals surface area contributed by atoms with Crippen LogP contribution in [0.2, 0.25) is 5.02 Å². The lowest BCUT2D eigenvalue weighted by Gasteiger charge is -2.18. The summed E-state index contributed by atoms with van der Waals surface area (Å²) in [4.78, 5) is 35.7. The number of benzene rings is 2. The lowest BCUT2D eigenvalue weighted by Crippen LogP contribution is -2.25. The zero-order chi connectivity index (χ0) is 19.4. The van der Waals surface area contributed by atoms with Crippen LogP contribution in [-0.4, -0.2) is 38.0 Å². The molecule has 1 amide bonds. The maximum absolute atomic E-state index is 12.3. The zero-order valence-corrected chi connectivity index (χ0v) is 15.2. The van der Waals surface area contributed by atoms with Gasteiger partial charge in [0.1, 0.15) is 11.5 Å². The summed E-state index contributed by atoms with van der Waals surface area (Å²) in [6, 6.07) is 9.53. The Kier molecular flexibility index (Phi) is 5.61. The van der Waals surface area contributed by atoms with Crippen molar-refractivity contribution in [1.29, 1.82) is 0 Å². The van der Waals surface area contributed by atoms with Crippen LogP contribution < -0.4 is 14.8 Å². The van der Waals surface area contributed by atoms with E-state index in [0.717, 1.165) is 0 Å². The number of ketones is 1. The molecule has 0 saturated heterocycles. The molecule has 0 spiro atoms. The number of nitrogens with one attached hydrogen (secondary N) is 1. The maximum Gasteiger partial charge on any atom is 0.310 e. The number of hydrogen-bond donors (Lipinski definition) is 1. The minimum absolute atomic E-state index is 0.0646. The molecule has 27 heavy (non-hydrogen) atoms. The highest BCUT2D eigenvalue weighted by atomic mass is 35.5. The Hall–Kier alpha value is -3.06. The minimum atomic E-state index is -0.585. The normalized spacial score (nSPS) is 12.4. The monoisotopic (exact) mass is 389 g/mol. The molecule has 1 aliphatic rings. The number of halogens is 1. The Balaban J connectivity index is 1.61. The van der Waals surface area contributed by atoms with E-state index in [9.17, 15) is 14.4 Å². The van der Waals surface area contributed by atoms with E-state index in [4.69, 9.17) is 25.8 Å². The predicted octanol–water partition coefficient (Wildman–Crippen LogP) is 2.65. The molecule has 0 atom stereocenters. The number of carbonyl (C=O) groups is 3. The lowest BCUT2D eigenvalue weighted by atomic mass is 10.1. The van der Waals surface area contributed by atoms with Crippen LogP contribution in [0.4, 0.5) is 5.69 Å². The van der Waals surface area contributed by atoms with E-state index in [1.165, 1.54) is 13.2 Å². The van der Waals surface area contributed by atoms with Gasteiger partial charge in [-0.3, -0.25) is 14.4 Å². The smallest absolute Gasteiger partial charge is 0.310 e. The third kappa shape index (κ3) is 4.57. The Morgan fingerprint density at radius 3 is 2.81 bits per heavy atom. The molecule has 0 bridgehead atoms. The highest BCUT2D eigenvalue weighted by molar-refractivity contribution is 6.30. The second-order valence-corrected chi connectivity index (χ2v) is 6.20. The van der Waals surface area contributed by atoms with Crippen LogP contribution in [0.15, 0.2) is 36.4 Å². The van der Waals surface area contributed by atoms with Gasteiger partial charge in [0, 0.05) is 16.1 Å². The number of fused-ring (bicyclic) bond motifs is 1. The molecule has 0 radical (unpaired) electrons. The molecule has 3 rings (SSSR count). The molecular weight excluding hydrogens is 374 g/mol. The topological polar surface area (TPSA) is 90.9 Å². The van der Waals surface area contributed by atoms with Crippen molar-refractivity contribution in [3.8, 4) is 11.5 Å². The van der Waals surface area contributed by atoms with Crippen LogP contribution in [0, 0.1) is 0 Å². The van der Waals surface area contributed by atoms with Crippen molar-refractivity contribution in [1.82, 2.24) is 0 Å². The number of carbonyl (C=O) groups excluding carboxylic acids is 3. The summed E-state index contributed by atoms with van der Waals surface area (Å²) in [6.07, 6.45) is -0.0783. The fraction of sp³-hybridized carbons (Fsp3) is 0.211. The second-order valence-electron chi connectivity index (χ2n) is 5.76. The third-order valence-corrected chi connectivity index (χ3v) is 4.11. The molecule has 140 valence electrons. The molecule has 1 N–H and O–H groups in total. The largest absolute Gasteiger partial charge is 0.496 e. The Labute approximate surface area is 160 Å². The van der Waals surface area contributed by atoms with Gasteiger partial charge < -0.3 is 19.5 Å². The van der Waals surface area contributed by atoms with Gasteiger partial charge in [-0.25, -0.2) is 0 Å². The molecule has 7 nitrogen and oxygen atoms in total. The van der Waals surface area contributed by atoms with Gasteiger partial charge in [0.05, 0.1) is 19.2 Å². The summed E-state index contributed by atoms with van der Waals surface area (Å²) in [7, 11) is 1.49. The van der Waals surface area contributed by atoms with Crippen LogP contribution in [0.3, 0.4) is 0 Å². The molecular formula is C19H16ClNO6. The highest BCUT2D eigenvalue weighted by Crippen LogP contribution is 2.28. The van der Waals surface area contributed by atoms with E-state index in [-0.39, 0.29) is 18.9 Å². The van der Waals surface area contributed by atoms with Gasteiger partial charge in [-0.05, 0) is 36.4 Å². The minimum Gasteiger partial charge on any atom is -0.496 e. The fourth-order valence-corrected chi connectivity index (χ4v) is 2.77. The third-order valence-electron chi connectivity index (χ3n) is 3.88. The van der Waals surface area contributed by atoms with Gasteiger partial charge in [0.15, 0.2) is 19.0 Å². The molecule has 1 aliphatic heterocycles. The fourth-order valence-electron chi connectivity index (χ4n) is 2.58. The lowest BCUT2D eigenvalue weighted by molar-refractivity contribution is -0.141. The number of methoxy groups -OCH3 is 1. The van der Waals surface area contributed by atoms with Crippen LogP contribution >= 0.6 is 11.6 Å². The van der Waals surface area contributed by atoms with Gasteiger partial charge >= 0.3 is 5.97 Å². The first-order valence-corrected chi connectivity index (χ1v) is 8.42. The standard InChI is InChI=1S/C19H16ClNO6/c1-25-16-5-3-13(20)6-12(16)8-19(24)27-9-15(22)11-2-4-17-14(7-11)21-18(23)10-26-17/h2-7H,8-10H2,1H3,(H,21,23). The molecule has 0 aromatic heterocycles. The Bertz CT molecular complexity index is 911. The molecule has 0 unspecified atom stereocenters. The average molecular weight is 390 g/mol. The highest BCUT2D eigenvalue weighted by Gasteiger charge is 2.19. The number of rotatable bonds is 6. The summed E-state index contributed by atoms with van der Waals surface area (Å²) in [5.74, 6) is -0.291. The zero-order valence-electron chi connectivity index (χ0n) is 14.4. The van der Waals surface area contributed by atoms with Crippen LogP contribution in [-0.2, 0) is 20.7 Å². The number of anilines is 1. The first-order valence-electron chi connectivity index (χ1n) is 8.04. The molecule has 0 saturated carbocycles. The van der Waals surface area contributed by atoms with E-state index in [0.29, 0.717) is 33.3 Å². The maximum atomic E-state index is 12.3. The van der Waals surface area contributed by atoms with Crippen molar-refractivity contribution in [3.05, 3.63) is 52.5 Å². The van der Waals surface area contributed by atoms with Crippen molar-refractivity contribution in [2.24, 2.45) is 0 Å². The summed E-state index contributed by atoms with van der Waals surface area (Å²) < 4.78 is 15.5. The summed E-state index contributed by atoms with van der Waals surface area (Å²) in [5.41, 5.74) is 1.27. The first kappa shape index (κ1) is 18.7. The molecule has 0 aliphatic carbocycles. The molecule has 0 fully saturated rings. The van der Waals surface area contributed by atoms with E-state index >= 15 is 0 Å². The van der Waals surface area contributed by atoms with Crippen LogP contribution in [0.1, 0.15) is 15.9 Å². The number of amides is 1. The van der Waals surface area contributed by atoms with E-state index in [1.807, 2.05) is 0 Å². The van der Waals surface area contributed by atoms with Crippen molar-refractivity contribution in [2.75, 3.05) is 25.6 Å². The van der Waals surface area contributed by atoms with Crippen molar-refractivity contribution in [3.63, 3.8) is 0 Å². The van der Waals surface area contributed by atoms with Gasteiger partial charge in [-0.1, -0.05) is 11.6 Å². The van der Waals surface area contributed by atoms with Gasteiger partial charge in [0.25, 0.3) is 5.91 Å². The van der Waals surface area contributed by atoms with Crippen molar-refractivity contribution < 1.29 is 28.6 Å². The van der Waals surface area contributed by atoms with Gasteiger partial charge in [0.2, 0.25) is 0 Å². The SMILES string of the molecule is COc1ccc(Cl)cc1CC(=O)OCC(=O)c1ccc2c(c1)NC(=O)CO2. The van der Waals surface area contributed by atoms with E-state index in [2.05, 4.69) is 5.32 Å². The second kappa shape index (κ2) is 8.09. The van der Waals surface area contributed by atoms with Gasteiger partial charge in [-0.2, -0.15) is 0 Å². The molecule has 8 heteroatoms. The first-order chi connectivity index (χ1) is 13.0. The molecule has 1 heterocycles. The summed E-state index contributed by atoms with van der Waals surface area (Å²) in [6.45, 7) is -0.486. The average Bonchev–Trinajstić information content (AvgIpc) is 2.65. The van der Waals surface area contributed by atoms with Crippen molar-refractivity contribution in [2.45, 2.75) is 6.42 Å². The number of hydrogen-bond acceptors (Lipinski definition) is 6. The molecule has 2 aromatic carbocycles. The van der Waals surface area contributed by atoms with Crippen LogP contribution in [0.25, 0.3) is 0 Å². The predicted molar refractivity (Wildman–Crippen MR) is 97.6 cm³/mol. The van der Waals surface area contributed by atoms with Gasteiger partial charge in [-0.15, -0.1) is 0 Å². The quantitative estimate of drug-likeness (QED) is 0.603. The molecule has 2 aromatic rings. The van der Waals surface area contributed by atoms with E-state index < -0.39 is 18.4 Å². The Morgan fingerprint density at radius 2 is 2.04 bits per heavy atom. The number of ether oxygens (including phenoxy) is 3. The van der Waals surface area contributed by atoms with Crippen molar-refractivity contribution >= 4 is 34.9 Å². The Morgan fingerprint density at radius 1 is 1.22 bits per heavy atom. The van der Waals surface area contributed by atoms with Crippen LogP contribution in [0.5, 0.6) is 11.5 Å². The summed E-state index contributed by atoms with van der Waals surface area (Å²) in [5, 5.41) is 3.09. The van der Waals surface area contributed by atoms with E-state index in [1.54, 1.807) is 30.3 Å².